The van der Waals surface area contributed by atoms with Crippen LogP contribution in [0, 0.1) is 11.3 Å². The number of carbonyl (C=O) groups is 2. The zero-order valence-electron chi connectivity index (χ0n) is 15.3. The summed E-state index contributed by atoms with van der Waals surface area (Å²) in [5.74, 6) is -0.641. The maximum atomic E-state index is 12.1. The van der Waals surface area contributed by atoms with Gasteiger partial charge in [0.1, 0.15) is 0 Å². The van der Waals surface area contributed by atoms with Gasteiger partial charge in [0.15, 0.2) is 0 Å². The first-order chi connectivity index (χ1) is 13.7. The van der Waals surface area contributed by atoms with Gasteiger partial charge in [-0.1, -0.05) is 36.4 Å². The first-order valence-electron chi connectivity index (χ1n) is 8.93. The second kappa shape index (κ2) is 9.19. The number of nitriles is 1. The van der Waals surface area contributed by atoms with Crippen LogP contribution in [0.15, 0.2) is 66.9 Å². The lowest BCUT2D eigenvalue weighted by Gasteiger charge is -2.05. The van der Waals surface area contributed by atoms with Gasteiger partial charge in [-0.05, 0) is 24.3 Å². The molecule has 2 N–H and O–H groups in total. The zero-order chi connectivity index (χ0) is 19.8. The fraction of sp³-hybridized carbons (Fsp3) is 0.136. The quantitative estimate of drug-likeness (QED) is 0.624. The molecule has 0 bridgehead atoms. The molecule has 0 fully saturated rings. The molecule has 2 amide bonds. The molecule has 0 saturated carbocycles. The monoisotopic (exact) mass is 372 g/mol. The number of benzene rings is 2. The maximum absolute atomic E-state index is 12.1. The van der Waals surface area contributed by atoms with Gasteiger partial charge in [0.25, 0.3) is 0 Å². The van der Waals surface area contributed by atoms with Crippen molar-refractivity contribution in [1.29, 1.82) is 5.26 Å². The van der Waals surface area contributed by atoms with E-state index in [0.29, 0.717) is 18.7 Å². The van der Waals surface area contributed by atoms with E-state index in [9.17, 15) is 9.59 Å². The number of amides is 2. The highest BCUT2D eigenvalue weighted by atomic mass is 16.2. The standard InChI is InChI=1S/C22H20N4O2/c23-13-6-14-26-16-17(19-9-4-5-10-20(19)26)11-12-21(27)24-15-22(28)25-18-7-2-1-3-8-18/h1-5,7-12,16H,6,14-15H2,(H,24,27)(H,25,28)/b12-11+. The van der Waals surface area contributed by atoms with Crippen LogP contribution in [-0.4, -0.2) is 22.9 Å². The molecule has 0 atom stereocenters. The molecule has 0 saturated heterocycles. The average molecular weight is 372 g/mol. The molecular weight excluding hydrogens is 352 g/mol. The van der Waals surface area contributed by atoms with Crippen molar-refractivity contribution in [2.75, 3.05) is 11.9 Å². The lowest BCUT2D eigenvalue weighted by molar-refractivity contribution is -0.121. The predicted molar refractivity (Wildman–Crippen MR) is 109 cm³/mol. The first-order valence-corrected chi connectivity index (χ1v) is 8.93. The van der Waals surface area contributed by atoms with Crippen LogP contribution in [-0.2, 0) is 16.1 Å². The van der Waals surface area contributed by atoms with Crippen LogP contribution in [0.2, 0.25) is 0 Å². The lowest BCUT2D eigenvalue weighted by atomic mass is 10.1. The second-order valence-electron chi connectivity index (χ2n) is 6.17. The Hall–Kier alpha value is -3.85. The SMILES string of the molecule is N#CCCn1cc(/C=C/C(=O)NCC(=O)Nc2ccccc2)c2ccccc21. The fourth-order valence-corrected chi connectivity index (χ4v) is 2.88. The molecule has 28 heavy (non-hydrogen) atoms. The van der Waals surface area contributed by atoms with Gasteiger partial charge in [0.2, 0.25) is 11.8 Å². The Labute approximate surface area is 163 Å². The van der Waals surface area contributed by atoms with Crippen LogP contribution in [0.1, 0.15) is 12.0 Å². The van der Waals surface area contributed by atoms with Crippen LogP contribution >= 0.6 is 0 Å². The molecule has 3 aromatic rings. The summed E-state index contributed by atoms with van der Waals surface area (Å²) in [4.78, 5) is 24.0. The summed E-state index contributed by atoms with van der Waals surface area (Å²) in [6.45, 7) is 0.485. The lowest BCUT2D eigenvalue weighted by Crippen LogP contribution is -2.31. The third-order valence-electron chi connectivity index (χ3n) is 4.18. The molecule has 0 radical (unpaired) electrons. The highest BCUT2D eigenvalue weighted by Crippen LogP contribution is 2.22. The Morgan fingerprint density at radius 1 is 1.07 bits per heavy atom. The van der Waals surface area contributed by atoms with E-state index in [-0.39, 0.29) is 18.4 Å². The molecule has 0 aliphatic heterocycles. The molecule has 3 rings (SSSR count). The van der Waals surface area contributed by atoms with E-state index in [1.54, 1.807) is 18.2 Å². The van der Waals surface area contributed by atoms with Gasteiger partial charge in [-0.2, -0.15) is 5.26 Å². The van der Waals surface area contributed by atoms with Crippen LogP contribution in [0.4, 0.5) is 5.69 Å². The summed E-state index contributed by atoms with van der Waals surface area (Å²) in [7, 11) is 0. The van der Waals surface area contributed by atoms with E-state index in [2.05, 4.69) is 16.7 Å². The Bertz CT molecular complexity index is 1050. The highest BCUT2D eigenvalue weighted by molar-refractivity contribution is 5.99. The van der Waals surface area contributed by atoms with Crippen molar-refractivity contribution in [2.24, 2.45) is 0 Å². The van der Waals surface area contributed by atoms with E-state index < -0.39 is 0 Å². The Kier molecular flexibility index (Phi) is 6.21. The molecule has 0 aliphatic carbocycles. The number of nitrogens with one attached hydrogen (secondary N) is 2. The molecule has 1 aromatic heterocycles. The normalized spacial score (nSPS) is 10.7. The number of carbonyl (C=O) groups excluding carboxylic acids is 2. The third-order valence-corrected chi connectivity index (χ3v) is 4.18. The molecule has 0 spiro atoms. The van der Waals surface area contributed by atoms with Crippen molar-refractivity contribution < 1.29 is 9.59 Å². The van der Waals surface area contributed by atoms with E-state index in [4.69, 9.17) is 5.26 Å². The maximum Gasteiger partial charge on any atom is 0.244 e. The van der Waals surface area contributed by atoms with Gasteiger partial charge in [0, 0.05) is 41.0 Å². The molecule has 140 valence electrons. The Balaban J connectivity index is 1.61. The fourth-order valence-electron chi connectivity index (χ4n) is 2.88. The largest absolute Gasteiger partial charge is 0.346 e. The van der Waals surface area contributed by atoms with E-state index in [1.165, 1.54) is 6.08 Å². The van der Waals surface area contributed by atoms with Crippen LogP contribution in [0.3, 0.4) is 0 Å². The predicted octanol–water partition coefficient (Wildman–Crippen LogP) is 3.32. The van der Waals surface area contributed by atoms with Crippen LogP contribution in [0.5, 0.6) is 0 Å². The number of aromatic nitrogens is 1. The summed E-state index contributed by atoms with van der Waals surface area (Å²) in [5, 5.41) is 15.1. The van der Waals surface area contributed by atoms with Crippen LogP contribution in [0.25, 0.3) is 17.0 Å². The number of nitrogens with zero attached hydrogens (tertiary/aromatic N) is 2. The van der Waals surface area contributed by atoms with Crippen molar-refractivity contribution >= 4 is 34.5 Å². The molecule has 2 aromatic carbocycles. The Morgan fingerprint density at radius 2 is 1.82 bits per heavy atom. The van der Waals surface area contributed by atoms with Crippen LogP contribution < -0.4 is 10.6 Å². The summed E-state index contributed by atoms with van der Waals surface area (Å²) in [5.41, 5.74) is 2.58. The summed E-state index contributed by atoms with van der Waals surface area (Å²) in [6, 6.07) is 19.0. The van der Waals surface area contributed by atoms with Crippen molar-refractivity contribution in [3.63, 3.8) is 0 Å². The number of rotatable bonds is 7. The smallest absolute Gasteiger partial charge is 0.244 e. The second-order valence-corrected chi connectivity index (χ2v) is 6.17. The molecule has 1 heterocycles. The number of fused-ring (bicyclic) bond motifs is 1. The number of anilines is 1. The van der Waals surface area contributed by atoms with E-state index in [0.717, 1.165) is 16.5 Å². The summed E-state index contributed by atoms with van der Waals surface area (Å²) < 4.78 is 2.00. The first kappa shape index (κ1) is 18.9. The number of hydrogen-bond acceptors (Lipinski definition) is 3. The minimum absolute atomic E-state index is 0.109. The molecule has 6 heteroatoms. The molecular formula is C22H20N4O2. The van der Waals surface area contributed by atoms with Gasteiger partial charge in [-0.15, -0.1) is 0 Å². The van der Waals surface area contributed by atoms with Crippen molar-refractivity contribution in [1.82, 2.24) is 9.88 Å². The summed E-state index contributed by atoms with van der Waals surface area (Å²) >= 11 is 0. The zero-order valence-corrected chi connectivity index (χ0v) is 15.3. The number of hydrogen-bond donors (Lipinski definition) is 2. The topological polar surface area (TPSA) is 86.9 Å². The van der Waals surface area contributed by atoms with Gasteiger partial charge in [-0.3, -0.25) is 9.59 Å². The highest BCUT2D eigenvalue weighted by Gasteiger charge is 2.07. The van der Waals surface area contributed by atoms with E-state index >= 15 is 0 Å². The van der Waals surface area contributed by atoms with Crippen molar-refractivity contribution in [2.45, 2.75) is 13.0 Å². The third kappa shape index (κ3) is 4.86. The number of para-hydroxylation sites is 2. The van der Waals surface area contributed by atoms with Crippen molar-refractivity contribution in [3.8, 4) is 6.07 Å². The molecule has 6 nitrogen and oxygen atoms in total. The average Bonchev–Trinajstić information content (AvgIpc) is 3.08. The van der Waals surface area contributed by atoms with Gasteiger partial charge >= 0.3 is 0 Å². The van der Waals surface area contributed by atoms with Gasteiger partial charge in [0.05, 0.1) is 19.0 Å². The number of aryl methyl sites for hydroxylation is 1. The van der Waals surface area contributed by atoms with Gasteiger partial charge in [-0.25, -0.2) is 0 Å². The molecule has 0 unspecified atom stereocenters. The van der Waals surface area contributed by atoms with Crippen molar-refractivity contribution in [3.05, 3.63) is 72.4 Å². The minimum atomic E-state index is -0.350. The van der Waals surface area contributed by atoms with E-state index in [1.807, 2.05) is 53.2 Å². The Morgan fingerprint density at radius 3 is 2.61 bits per heavy atom. The molecule has 0 aliphatic rings. The minimum Gasteiger partial charge on any atom is -0.346 e. The van der Waals surface area contributed by atoms with Gasteiger partial charge < -0.3 is 15.2 Å². The summed E-state index contributed by atoms with van der Waals surface area (Å²) in [6.07, 6.45) is 5.47.